The summed E-state index contributed by atoms with van der Waals surface area (Å²) < 4.78 is 40.6. The maximum absolute atomic E-state index is 13.2. The van der Waals surface area contributed by atoms with Crippen molar-refractivity contribution >= 4 is 33.2 Å². The number of hydrogen-bond donors (Lipinski definition) is 3. The molecule has 0 saturated heterocycles. The average Bonchev–Trinajstić information content (AvgIpc) is 2.73. The van der Waals surface area contributed by atoms with Crippen LogP contribution in [0.5, 0.6) is 0 Å². The van der Waals surface area contributed by atoms with E-state index in [2.05, 4.69) is 15.4 Å². The number of carbonyl (C=O) groups excluding carboxylic acids is 2. The van der Waals surface area contributed by atoms with E-state index in [1.807, 2.05) is 0 Å². The molecule has 0 unspecified atom stereocenters. The van der Waals surface area contributed by atoms with Gasteiger partial charge in [0.1, 0.15) is 5.82 Å². The van der Waals surface area contributed by atoms with Crippen LogP contribution in [0.4, 0.5) is 15.8 Å². The van der Waals surface area contributed by atoms with Gasteiger partial charge in [0, 0.05) is 30.4 Å². The van der Waals surface area contributed by atoms with Crippen molar-refractivity contribution in [2.75, 3.05) is 10.6 Å². The summed E-state index contributed by atoms with van der Waals surface area (Å²) in [5.41, 5.74) is 1.84. The zero-order valence-electron chi connectivity index (χ0n) is 16.6. The lowest BCUT2D eigenvalue weighted by Crippen LogP contribution is -2.23. The molecule has 0 atom stereocenters. The Balaban J connectivity index is 1.60. The van der Waals surface area contributed by atoms with Gasteiger partial charge in [-0.3, -0.25) is 9.59 Å². The van der Waals surface area contributed by atoms with Crippen LogP contribution < -0.4 is 15.4 Å². The van der Waals surface area contributed by atoms with Gasteiger partial charge in [0.05, 0.1) is 4.90 Å². The van der Waals surface area contributed by atoms with Gasteiger partial charge in [0.25, 0.3) is 5.91 Å². The molecule has 160 valence electrons. The minimum Gasteiger partial charge on any atom is -0.326 e. The van der Waals surface area contributed by atoms with Crippen molar-refractivity contribution in [3.63, 3.8) is 0 Å². The molecule has 0 radical (unpaired) electrons. The maximum atomic E-state index is 13.2. The van der Waals surface area contributed by atoms with E-state index in [0.717, 1.165) is 0 Å². The molecule has 3 N–H and O–H groups in total. The zero-order valence-corrected chi connectivity index (χ0v) is 17.4. The van der Waals surface area contributed by atoms with Gasteiger partial charge in [-0.15, -0.1) is 0 Å². The molecule has 0 spiro atoms. The van der Waals surface area contributed by atoms with E-state index < -0.39 is 21.7 Å². The van der Waals surface area contributed by atoms with E-state index in [1.165, 1.54) is 49.4 Å². The third-order valence-corrected chi connectivity index (χ3v) is 5.67. The van der Waals surface area contributed by atoms with Gasteiger partial charge in [0.2, 0.25) is 15.9 Å². The molecule has 31 heavy (non-hydrogen) atoms. The van der Waals surface area contributed by atoms with Crippen LogP contribution in [0.15, 0.2) is 77.7 Å². The molecule has 0 aliphatic rings. The van der Waals surface area contributed by atoms with Crippen LogP contribution in [0.25, 0.3) is 0 Å². The Bertz CT molecular complexity index is 1190. The smallest absolute Gasteiger partial charge is 0.255 e. The number of nitrogens with one attached hydrogen (secondary N) is 3. The number of hydrogen-bond acceptors (Lipinski definition) is 4. The Labute approximate surface area is 179 Å². The van der Waals surface area contributed by atoms with Crippen LogP contribution in [0.2, 0.25) is 0 Å². The van der Waals surface area contributed by atoms with E-state index in [9.17, 15) is 22.4 Å². The van der Waals surface area contributed by atoms with Crippen molar-refractivity contribution in [2.24, 2.45) is 0 Å². The summed E-state index contributed by atoms with van der Waals surface area (Å²) in [5, 5.41) is 5.16. The quantitative estimate of drug-likeness (QED) is 0.522. The SMILES string of the molecule is CC(=O)Nc1ccc(S(=O)(=O)NCc2ccc(C(=O)Nc3cccc(F)c3)cc2)cc1. The molecule has 0 aromatic heterocycles. The highest BCUT2D eigenvalue weighted by Crippen LogP contribution is 2.15. The summed E-state index contributed by atoms with van der Waals surface area (Å²) in [5.74, 6) is -1.11. The lowest BCUT2D eigenvalue weighted by molar-refractivity contribution is -0.114. The van der Waals surface area contributed by atoms with Crippen LogP contribution in [0.1, 0.15) is 22.8 Å². The molecule has 7 nitrogen and oxygen atoms in total. The summed E-state index contributed by atoms with van der Waals surface area (Å²) in [6.07, 6.45) is 0. The van der Waals surface area contributed by atoms with Crippen molar-refractivity contribution in [1.82, 2.24) is 4.72 Å². The Hall–Kier alpha value is -3.56. The summed E-state index contributed by atoms with van der Waals surface area (Å²) >= 11 is 0. The second-order valence-electron chi connectivity index (χ2n) is 6.69. The van der Waals surface area contributed by atoms with Crippen LogP contribution in [0.3, 0.4) is 0 Å². The number of carbonyl (C=O) groups is 2. The number of rotatable bonds is 7. The summed E-state index contributed by atoms with van der Waals surface area (Å²) in [6.45, 7) is 1.39. The summed E-state index contributed by atoms with van der Waals surface area (Å²) in [6, 6.07) is 17.7. The molecule has 3 rings (SSSR count). The van der Waals surface area contributed by atoms with E-state index in [1.54, 1.807) is 30.3 Å². The molecule has 3 aromatic rings. The highest BCUT2D eigenvalue weighted by atomic mass is 32.2. The largest absolute Gasteiger partial charge is 0.326 e. The number of halogens is 1. The number of sulfonamides is 1. The highest BCUT2D eigenvalue weighted by molar-refractivity contribution is 7.89. The van der Waals surface area contributed by atoms with Gasteiger partial charge in [-0.25, -0.2) is 17.5 Å². The fraction of sp³-hybridized carbons (Fsp3) is 0.0909. The number of anilines is 2. The Morgan fingerprint density at radius 1 is 0.871 bits per heavy atom. The van der Waals surface area contributed by atoms with Crippen LogP contribution in [-0.2, 0) is 21.4 Å². The number of benzene rings is 3. The third kappa shape index (κ3) is 6.21. The Morgan fingerprint density at radius 3 is 2.16 bits per heavy atom. The van der Waals surface area contributed by atoms with Crippen molar-refractivity contribution in [2.45, 2.75) is 18.4 Å². The predicted molar refractivity (Wildman–Crippen MR) is 116 cm³/mol. The minimum absolute atomic E-state index is 0.0293. The first-order chi connectivity index (χ1) is 14.7. The minimum atomic E-state index is -3.75. The van der Waals surface area contributed by atoms with Crippen molar-refractivity contribution in [1.29, 1.82) is 0 Å². The maximum Gasteiger partial charge on any atom is 0.255 e. The first kappa shape index (κ1) is 22.1. The summed E-state index contributed by atoms with van der Waals surface area (Å²) in [4.78, 5) is 23.4. The molecule has 0 saturated carbocycles. The molecular formula is C22H20FN3O4S. The zero-order chi connectivity index (χ0) is 22.4. The van der Waals surface area contributed by atoms with Gasteiger partial charge >= 0.3 is 0 Å². The third-order valence-electron chi connectivity index (χ3n) is 4.25. The van der Waals surface area contributed by atoms with E-state index >= 15 is 0 Å². The Kier molecular flexibility index (Phi) is 6.78. The monoisotopic (exact) mass is 441 g/mol. The Morgan fingerprint density at radius 2 is 1.55 bits per heavy atom. The van der Waals surface area contributed by atoms with Gasteiger partial charge in [-0.05, 0) is 60.2 Å². The van der Waals surface area contributed by atoms with Crippen LogP contribution in [0, 0.1) is 5.82 Å². The van der Waals surface area contributed by atoms with Gasteiger partial charge in [-0.1, -0.05) is 18.2 Å². The van der Waals surface area contributed by atoms with Crippen LogP contribution in [-0.4, -0.2) is 20.2 Å². The lowest BCUT2D eigenvalue weighted by Gasteiger charge is -2.09. The van der Waals surface area contributed by atoms with Gasteiger partial charge in [0.15, 0.2) is 0 Å². The molecule has 2 amide bonds. The van der Waals surface area contributed by atoms with Gasteiger partial charge < -0.3 is 10.6 Å². The predicted octanol–water partition coefficient (Wildman–Crippen LogP) is 3.51. The number of amides is 2. The van der Waals surface area contributed by atoms with E-state index in [0.29, 0.717) is 22.5 Å². The second-order valence-corrected chi connectivity index (χ2v) is 8.46. The normalized spacial score (nSPS) is 11.0. The first-order valence-corrected chi connectivity index (χ1v) is 10.7. The fourth-order valence-electron chi connectivity index (χ4n) is 2.73. The van der Waals surface area contributed by atoms with E-state index in [-0.39, 0.29) is 17.3 Å². The van der Waals surface area contributed by atoms with Crippen molar-refractivity contribution in [3.8, 4) is 0 Å². The molecular weight excluding hydrogens is 421 g/mol. The average molecular weight is 441 g/mol. The van der Waals surface area contributed by atoms with Crippen molar-refractivity contribution < 1.29 is 22.4 Å². The molecule has 0 aliphatic heterocycles. The summed E-state index contributed by atoms with van der Waals surface area (Å²) in [7, 11) is -3.75. The molecule has 9 heteroatoms. The topological polar surface area (TPSA) is 104 Å². The molecule has 0 fully saturated rings. The van der Waals surface area contributed by atoms with Crippen LogP contribution >= 0.6 is 0 Å². The molecule has 0 heterocycles. The lowest BCUT2D eigenvalue weighted by atomic mass is 10.1. The van der Waals surface area contributed by atoms with Gasteiger partial charge in [-0.2, -0.15) is 0 Å². The standard InChI is InChI=1S/C22H20FN3O4S/c1-15(27)25-19-9-11-21(12-10-19)31(29,30)24-14-16-5-7-17(8-6-16)22(28)26-20-4-2-3-18(23)13-20/h2-13,24H,14H2,1H3,(H,25,27)(H,26,28). The molecule has 0 bridgehead atoms. The van der Waals surface area contributed by atoms with E-state index in [4.69, 9.17) is 0 Å². The second kappa shape index (κ2) is 9.50. The van der Waals surface area contributed by atoms with Crippen molar-refractivity contribution in [3.05, 3.63) is 89.7 Å². The molecule has 3 aromatic carbocycles. The fourth-order valence-corrected chi connectivity index (χ4v) is 3.74. The highest BCUT2D eigenvalue weighted by Gasteiger charge is 2.14. The molecule has 0 aliphatic carbocycles. The first-order valence-electron chi connectivity index (χ1n) is 9.26.